The number of anilines is 1. The molecule has 1 unspecified atom stereocenters. The van der Waals surface area contributed by atoms with E-state index < -0.39 is 5.67 Å². The van der Waals surface area contributed by atoms with Crippen LogP contribution in [0.1, 0.15) is 18.4 Å². The summed E-state index contributed by atoms with van der Waals surface area (Å²) in [7, 11) is 0. The quantitative estimate of drug-likeness (QED) is 0.669. The van der Waals surface area contributed by atoms with E-state index in [2.05, 4.69) is 5.32 Å². The normalized spacial score (nSPS) is 27.5. The van der Waals surface area contributed by atoms with Crippen molar-refractivity contribution in [3.8, 4) is 0 Å². The summed E-state index contributed by atoms with van der Waals surface area (Å²) in [6.45, 7) is 1.31. The van der Waals surface area contributed by atoms with Crippen LogP contribution in [0.25, 0.3) is 0 Å². The fourth-order valence-corrected chi connectivity index (χ4v) is 1.93. The van der Waals surface area contributed by atoms with E-state index in [0.29, 0.717) is 24.2 Å². The molecule has 1 heterocycles. The highest BCUT2D eigenvalue weighted by molar-refractivity contribution is 5.42. The van der Waals surface area contributed by atoms with Crippen LogP contribution in [0.2, 0.25) is 0 Å². The number of nitrogen functional groups attached to an aromatic ring is 1. The number of benzene rings is 1. The monoisotopic (exact) mass is 194 g/mol. The highest BCUT2D eigenvalue weighted by atomic mass is 19.1. The maximum absolute atomic E-state index is 14.4. The van der Waals surface area contributed by atoms with Crippen LogP contribution >= 0.6 is 0 Å². The van der Waals surface area contributed by atoms with Crippen molar-refractivity contribution in [3.63, 3.8) is 0 Å². The summed E-state index contributed by atoms with van der Waals surface area (Å²) in [5.74, 6) is 0. The molecule has 1 aromatic rings. The van der Waals surface area contributed by atoms with Gasteiger partial charge in [0.25, 0.3) is 0 Å². The molecule has 0 radical (unpaired) electrons. The van der Waals surface area contributed by atoms with Crippen molar-refractivity contribution >= 4 is 5.69 Å². The van der Waals surface area contributed by atoms with Crippen molar-refractivity contribution in [2.24, 2.45) is 0 Å². The molecule has 3 heteroatoms. The molecular formula is C11H15FN2. The summed E-state index contributed by atoms with van der Waals surface area (Å²) >= 11 is 0. The van der Waals surface area contributed by atoms with Gasteiger partial charge in [0, 0.05) is 12.2 Å². The average Bonchev–Trinajstić information content (AvgIpc) is 2.19. The summed E-state index contributed by atoms with van der Waals surface area (Å²) in [5, 5.41) is 3.08. The lowest BCUT2D eigenvalue weighted by Crippen LogP contribution is -2.40. The van der Waals surface area contributed by atoms with Gasteiger partial charge in [0.15, 0.2) is 0 Å². The Labute approximate surface area is 83.3 Å². The predicted octanol–water partition coefficient (Wildman–Crippen LogP) is 1.82. The maximum atomic E-state index is 14.4. The van der Waals surface area contributed by atoms with E-state index in [1.165, 1.54) is 0 Å². The van der Waals surface area contributed by atoms with E-state index in [4.69, 9.17) is 5.73 Å². The Kier molecular flexibility index (Phi) is 2.42. The first-order chi connectivity index (χ1) is 6.71. The molecule has 14 heavy (non-hydrogen) atoms. The second-order valence-corrected chi connectivity index (χ2v) is 3.87. The van der Waals surface area contributed by atoms with E-state index in [1.54, 1.807) is 18.2 Å². The van der Waals surface area contributed by atoms with E-state index >= 15 is 0 Å². The lowest BCUT2D eigenvalue weighted by atomic mass is 9.88. The number of hydrogen-bond acceptors (Lipinski definition) is 2. The summed E-state index contributed by atoms with van der Waals surface area (Å²) in [6.07, 6.45) is 1.47. The van der Waals surface area contributed by atoms with Gasteiger partial charge in [-0.25, -0.2) is 4.39 Å². The van der Waals surface area contributed by atoms with Crippen LogP contribution in [0.5, 0.6) is 0 Å². The van der Waals surface area contributed by atoms with Crippen LogP contribution in [0.15, 0.2) is 24.3 Å². The zero-order valence-corrected chi connectivity index (χ0v) is 8.09. The van der Waals surface area contributed by atoms with Crippen molar-refractivity contribution in [1.29, 1.82) is 0 Å². The molecule has 2 rings (SSSR count). The zero-order valence-electron chi connectivity index (χ0n) is 8.09. The highest BCUT2D eigenvalue weighted by Gasteiger charge is 2.33. The zero-order chi connectivity index (χ0) is 10.0. The molecule has 1 fully saturated rings. The lowest BCUT2D eigenvalue weighted by Gasteiger charge is -2.30. The Balaban J connectivity index is 2.28. The van der Waals surface area contributed by atoms with Gasteiger partial charge in [0.05, 0.1) is 0 Å². The summed E-state index contributed by atoms with van der Waals surface area (Å²) in [6, 6.07) is 7.13. The summed E-state index contributed by atoms with van der Waals surface area (Å²) in [5.41, 5.74) is 5.74. The Bertz CT molecular complexity index is 319. The van der Waals surface area contributed by atoms with E-state index in [1.807, 2.05) is 6.07 Å². The second kappa shape index (κ2) is 3.58. The number of rotatable bonds is 1. The first-order valence-electron chi connectivity index (χ1n) is 4.96. The van der Waals surface area contributed by atoms with E-state index in [-0.39, 0.29) is 0 Å². The van der Waals surface area contributed by atoms with Gasteiger partial charge in [-0.2, -0.15) is 0 Å². The molecule has 0 aromatic heterocycles. The van der Waals surface area contributed by atoms with Gasteiger partial charge in [0.2, 0.25) is 0 Å². The van der Waals surface area contributed by atoms with Crippen molar-refractivity contribution in [2.75, 3.05) is 18.8 Å². The van der Waals surface area contributed by atoms with Crippen LogP contribution in [-0.2, 0) is 5.67 Å². The van der Waals surface area contributed by atoms with Crippen LogP contribution in [0.4, 0.5) is 10.1 Å². The molecule has 2 nitrogen and oxygen atoms in total. The summed E-state index contributed by atoms with van der Waals surface area (Å²) < 4.78 is 14.4. The number of alkyl halides is 1. The van der Waals surface area contributed by atoms with Crippen LogP contribution < -0.4 is 11.1 Å². The van der Waals surface area contributed by atoms with Crippen molar-refractivity contribution in [2.45, 2.75) is 18.5 Å². The largest absolute Gasteiger partial charge is 0.399 e. The topological polar surface area (TPSA) is 38.0 Å². The smallest absolute Gasteiger partial charge is 0.148 e. The summed E-state index contributed by atoms with van der Waals surface area (Å²) in [4.78, 5) is 0. The Morgan fingerprint density at radius 3 is 2.93 bits per heavy atom. The Hall–Kier alpha value is -1.09. The van der Waals surface area contributed by atoms with Gasteiger partial charge in [-0.3, -0.25) is 0 Å². The van der Waals surface area contributed by atoms with E-state index in [9.17, 15) is 4.39 Å². The number of piperidine rings is 1. The van der Waals surface area contributed by atoms with Crippen LogP contribution in [0.3, 0.4) is 0 Å². The minimum absolute atomic E-state index is 0.399. The third kappa shape index (κ3) is 1.73. The minimum atomic E-state index is -1.23. The van der Waals surface area contributed by atoms with E-state index in [0.717, 1.165) is 13.0 Å². The second-order valence-electron chi connectivity index (χ2n) is 3.87. The number of nitrogens with one attached hydrogen (secondary N) is 1. The van der Waals surface area contributed by atoms with Crippen LogP contribution in [-0.4, -0.2) is 13.1 Å². The van der Waals surface area contributed by atoms with Crippen molar-refractivity contribution in [1.82, 2.24) is 5.32 Å². The molecule has 1 aliphatic rings. The fraction of sp³-hybridized carbons (Fsp3) is 0.455. The Morgan fingerprint density at radius 2 is 2.29 bits per heavy atom. The number of nitrogens with two attached hydrogens (primary N) is 1. The molecule has 0 amide bonds. The minimum Gasteiger partial charge on any atom is -0.399 e. The lowest BCUT2D eigenvalue weighted by molar-refractivity contribution is 0.122. The molecule has 1 saturated heterocycles. The fourth-order valence-electron chi connectivity index (χ4n) is 1.93. The van der Waals surface area contributed by atoms with Crippen LogP contribution in [0, 0.1) is 0 Å². The van der Waals surface area contributed by atoms with Crippen molar-refractivity contribution in [3.05, 3.63) is 29.8 Å². The molecule has 76 valence electrons. The molecule has 0 bridgehead atoms. The third-order valence-electron chi connectivity index (χ3n) is 2.74. The predicted molar refractivity (Wildman–Crippen MR) is 55.7 cm³/mol. The van der Waals surface area contributed by atoms with Gasteiger partial charge >= 0.3 is 0 Å². The highest BCUT2D eigenvalue weighted by Crippen LogP contribution is 2.33. The standard InChI is InChI=1S/C11H15FN2/c12-11(5-2-6-14-8-11)9-3-1-4-10(13)7-9/h1,3-4,7,14H,2,5-6,8,13H2. The molecular weight excluding hydrogens is 179 g/mol. The van der Waals surface area contributed by atoms with Crippen molar-refractivity contribution < 1.29 is 4.39 Å². The van der Waals surface area contributed by atoms with Gasteiger partial charge in [0.1, 0.15) is 5.67 Å². The van der Waals surface area contributed by atoms with Gasteiger partial charge in [-0.15, -0.1) is 0 Å². The molecule has 1 aliphatic heterocycles. The molecule has 0 aliphatic carbocycles. The van der Waals surface area contributed by atoms with Gasteiger partial charge < -0.3 is 11.1 Å². The van der Waals surface area contributed by atoms with Gasteiger partial charge in [-0.1, -0.05) is 12.1 Å². The molecule has 1 aromatic carbocycles. The first-order valence-corrected chi connectivity index (χ1v) is 4.96. The molecule has 0 spiro atoms. The Morgan fingerprint density at radius 1 is 1.43 bits per heavy atom. The first kappa shape index (κ1) is 9.46. The maximum Gasteiger partial charge on any atom is 0.148 e. The molecule has 1 atom stereocenters. The SMILES string of the molecule is Nc1cccc(C2(F)CCCNC2)c1. The number of hydrogen-bond donors (Lipinski definition) is 2. The number of halogens is 1. The van der Waals surface area contributed by atoms with Gasteiger partial charge in [-0.05, 0) is 37.1 Å². The molecule has 0 saturated carbocycles. The third-order valence-corrected chi connectivity index (χ3v) is 2.74. The average molecular weight is 194 g/mol. The molecule has 3 N–H and O–H groups in total.